The van der Waals surface area contributed by atoms with Crippen molar-refractivity contribution in [2.75, 3.05) is 0 Å². The van der Waals surface area contributed by atoms with Crippen LogP contribution in [0.1, 0.15) is 32.5 Å². The summed E-state index contributed by atoms with van der Waals surface area (Å²) in [7, 11) is 0. The maximum Gasteiger partial charge on any atom is 0.416 e. The number of halogens is 3. The summed E-state index contributed by atoms with van der Waals surface area (Å²) < 4.78 is 39.9. The Morgan fingerprint density at radius 2 is 1.67 bits per heavy atom. The van der Waals surface area contributed by atoms with Gasteiger partial charge in [-0.25, -0.2) is 4.79 Å². The summed E-state index contributed by atoms with van der Waals surface area (Å²) in [6, 6.07) is 18.4. The Labute approximate surface area is 173 Å². The number of benzene rings is 3. The first-order valence-corrected chi connectivity index (χ1v) is 9.77. The smallest absolute Gasteiger partial charge is 0.416 e. The summed E-state index contributed by atoms with van der Waals surface area (Å²) in [6.07, 6.45) is -5.69. The molecule has 1 aromatic heterocycles. The molecule has 0 aliphatic rings. The lowest BCUT2D eigenvalue weighted by Gasteiger charge is -2.12. The highest BCUT2D eigenvalue weighted by Crippen LogP contribution is 2.39. The molecule has 0 aliphatic carbocycles. The summed E-state index contributed by atoms with van der Waals surface area (Å²) in [4.78, 5) is 11.8. The molecule has 3 nitrogen and oxygen atoms in total. The van der Waals surface area contributed by atoms with Gasteiger partial charge in [0.2, 0.25) is 0 Å². The number of carboxylic acids is 1. The van der Waals surface area contributed by atoms with Gasteiger partial charge >= 0.3 is 12.1 Å². The number of thiophene rings is 1. The van der Waals surface area contributed by atoms with Gasteiger partial charge in [0.1, 0.15) is 6.10 Å². The zero-order valence-electron chi connectivity index (χ0n) is 15.4. The van der Waals surface area contributed by atoms with E-state index in [4.69, 9.17) is 0 Å². The zero-order valence-corrected chi connectivity index (χ0v) is 16.2. The molecule has 152 valence electrons. The summed E-state index contributed by atoms with van der Waals surface area (Å²) in [5.74, 6) is -1.03. The van der Waals surface area contributed by atoms with E-state index in [9.17, 15) is 28.2 Å². The second-order valence-electron chi connectivity index (χ2n) is 6.78. The molecule has 0 radical (unpaired) electrons. The van der Waals surface area contributed by atoms with Crippen molar-refractivity contribution in [1.29, 1.82) is 0 Å². The first-order valence-electron chi connectivity index (χ1n) is 8.95. The van der Waals surface area contributed by atoms with E-state index in [0.29, 0.717) is 10.4 Å². The third-order valence-corrected chi connectivity index (χ3v) is 6.02. The molecule has 0 amide bonds. The second kappa shape index (κ2) is 7.59. The van der Waals surface area contributed by atoms with Crippen LogP contribution in [0.15, 0.2) is 72.8 Å². The van der Waals surface area contributed by atoms with E-state index in [0.717, 1.165) is 27.8 Å². The van der Waals surface area contributed by atoms with Crippen molar-refractivity contribution in [2.24, 2.45) is 0 Å². The fourth-order valence-electron chi connectivity index (χ4n) is 3.31. The Balaban J connectivity index is 1.77. The van der Waals surface area contributed by atoms with Crippen LogP contribution in [0.5, 0.6) is 0 Å². The summed E-state index contributed by atoms with van der Waals surface area (Å²) >= 11 is 1.27. The van der Waals surface area contributed by atoms with E-state index >= 15 is 0 Å². The third-order valence-electron chi connectivity index (χ3n) is 4.78. The van der Waals surface area contributed by atoms with Crippen LogP contribution in [0.2, 0.25) is 0 Å². The third kappa shape index (κ3) is 3.81. The number of hydrogen-bond acceptors (Lipinski definition) is 3. The van der Waals surface area contributed by atoms with Crippen molar-refractivity contribution in [3.05, 3.63) is 94.4 Å². The van der Waals surface area contributed by atoms with Crippen molar-refractivity contribution in [3.63, 3.8) is 0 Å². The largest absolute Gasteiger partial charge is 0.478 e. The second-order valence-corrected chi connectivity index (χ2v) is 7.87. The molecule has 3 aromatic carbocycles. The van der Waals surface area contributed by atoms with Crippen LogP contribution in [0.4, 0.5) is 13.2 Å². The van der Waals surface area contributed by atoms with Crippen molar-refractivity contribution in [1.82, 2.24) is 0 Å². The molecule has 1 unspecified atom stereocenters. The minimum Gasteiger partial charge on any atom is -0.478 e. The highest BCUT2D eigenvalue weighted by Gasteiger charge is 2.31. The molecule has 0 saturated heterocycles. The van der Waals surface area contributed by atoms with Crippen molar-refractivity contribution in [2.45, 2.75) is 12.3 Å². The molecule has 1 atom stereocenters. The van der Waals surface area contributed by atoms with E-state index in [1.807, 2.05) is 18.2 Å². The van der Waals surface area contributed by atoms with Crippen molar-refractivity contribution >= 4 is 27.4 Å². The molecule has 30 heavy (non-hydrogen) atoms. The van der Waals surface area contributed by atoms with Crippen LogP contribution >= 0.6 is 11.3 Å². The molecule has 2 N–H and O–H groups in total. The highest BCUT2D eigenvalue weighted by atomic mass is 32.1. The number of aromatic carboxylic acids is 1. The zero-order chi connectivity index (χ0) is 21.5. The van der Waals surface area contributed by atoms with Gasteiger partial charge in [-0.15, -0.1) is 11.3 Å². The van der Waals surface area contributed by atoms with Gasteiger partial charge in [-0.3, -0.25) is 0 Å². The van der Waals surface area contributed by atoms with Gasteiger partial charge in [0, 0.05) is 9.58 Å². The minimum atomic E-state index is -4.49. The fourth-order valence-corrected chi connectivity index (χ4v) is 4.52. The van der Waals surface area contributed by atoms with E-state index in [2.05, 4.69) is 0 Å². The number of carboxylic acid groups (broad SMARTS) is 1. The van der Waals surface area contributed by atoms with Crippen LogP contribution < -0.4 is 0 Å². The molecule has 4 rings (SSSR count). The molecule has 1 heterocycles. The molecule has 0 fully saturated rings. The fraction of sp³-hybridized carbons (Fsp3) is 0.0870. The molecule has 0 spiro atoms. The Morgan fingerprint density at radius 1 is 0.933 bits per heavy atom. The average molecular weight is 428 g/mol. The van der Waals surface area contributed by atoms with Crippen LogP contribution in [-0.4, -0.2) is 16.2 Å². The lowest BCUT2D eigenvalue weighted by molar-refractivity contribution is -0.137. The van der Waals surface area contributed by atoms with Crippen LogP contribution in [0.3, 0.4) is 0 Å². The Kier molecular flexibility index (Phi) is 5.09. The average Bonchev–Trinajstić information content (AvgIpc) is 3.17. The predicted octanol–water partition coefficient (Wildman–Crippen LogP) is 6.37. The minimum absolute atomic E-state index is 0.158. The number of alkyl halides is 3. The molecule has 7 heteroatoms. The normalized spacial score (nSPS) is 12.8. The standard InChI is InChI=1S/C23H15F3O3S/c24-23(25,26)17-8-2-5-14(11-17)20(27)19-12-15-6-3-9-18(21(15)30-19)13-4-1-7-16(10-13)22(28)29/h1-12,20,27H,(H,28,29). The quantitative estimate of drug-likeness (QED) is 0.397. The Bertz CT molecular complexity index is 1240. The van der Waals surface area contributed by atoms with Gasteiger partial charge in [0.25, 0.3) is 0 Å². The van der Waals surface area contributed by atoms with Gasteiger partial charge in [0.05, 0.1) is 11.1 Å². The lowest BCUT2D eigenvalue weighted by Crippen LogP contribution is -2.06. The maximum atomic E-state index is 13.0. The van der Waals surface area contributed by atoms with Gasteiger partial charge in [-0.1, -0.05) is 42.5 Å². The topological polar surface area (TPSA) is 57.5 Å². The van der Waals surface area contributed by atoms with E-state index < -0.39 is 23.8 Å². The van der Waals surface area contributed by atoms with Crippen LogP contribution in [0.25, 0.3) is 21.2 Å². The van der Waals surface area contributed by atoms with Gasteiger partial charge < -0.3 is 10.2 Å². The summed E-state index contributed by atoms with van der Waals surface area (Å²) in [6.45, 7) is 0. The van der Waals surface area contributed by atoms with Gasteiger partial charge in [0.15, 0.2) is 0 Å². The molecule has 0 bridgehead atoms. The number of aliphatic hydroxyl groups is 1. The lowest BCUT2D eigenvalue weighted by atomic mass is 10.0. The molecule has 0 saturated carbocycles. The number of rotatable bonds is 4. The predicted molar refractivity (Wildman–Crippen MR) is 110 cm³/mol. The number of carbonyl (C=O) groups is 1. The molecular weight excluding hydrogens is 413 g/mol. The summed E-state index contributed by atoms with van der Waals surface area (Å²) in [5.41, 5.74) is 1.01. The Hall–Kier alpha value is -3.16. The first-order chi connectivity index (χ1) is 14.2. The van der Waals surface area contributed by atoms with Crippen molar-refractivity contribution in [3.8, 4) is 11.1 Å². The van der Waals surface area contributed by atoms with Gasteiger partial charge in [-0.05, 0) is 52.4 Å². The summed E-state index contributed by atoms with van der Waals surface area (Å²) in [5, 5.41) is 20.8. The van der Waals surface area contributed by atoms with Crippen LogP contribution in [0, 0.1) is 0 Å². The SMILES string of the molecule is O=C(O)c1cccc(-c2cccc3cc(C(O)c4cccc(C(F)(F)F)c4)sc23)c1. The molecule has 4 aromatic rings. The molecule has 0 aliphatic heterocycles. The van der Waals surface area contributed by atoms with Crippen molar-refractivity contribution < 1.29 is 28.2 Å². The van der Waals surface area contributed by atoms with Crippen LogP contribution in [-0.2, 0) is 6.18 Å². The highest BCUT2D eigenvalue weighted by molar-refractivity contribution is 7.19. The van der Waals surface area contributed by atoms with E-state index in [1.54, 1.807) is 24.3 Å². The first kappa shape index (κ1) is 20.1. The maximum absolute atomic E-state index is 13.0. The Morgan fingerprint density at radius 3 is 2.40 bits per heavy atom. The molecular formula is C23H15F3O3S. The van der Waals surface area contributed by atoms with Gasteiger partial charge in [-0.2, -0.15) is 13.2 Å². The monoisotopic (exact) mass is 428 g/mol. The van der Waals surface area contributed by atoms with E-state index in [-0.39, 0.29) is 11.1 Å². The number of fused-ring (bicyclic) bond motifs is 1. The number of hydrogen-bond donors (Lipinski definition) is 2. The number of aliphatic hydroxyl groups excluding tert-OH is 1. The van der Waals surface area contributed by atoms with E-state index in [1.165, 1.54) is 29.5 Å².